The number of sulfone groups is 1. The van der Waals surface area contributed by atoms with Gasteiger partial charge in [-0.3, -0.25) is 0 Å². The van der Waals surface area contributed by atoms with Crippen molar-refractivity contribution in [2.75, 3.05) is 12.0 Å². The van der Waals surface area contributed by atoms with E-state index in [2.05, 4.69) is 9.97 Å². The van der Waals surface area contributed by atoms with Crippen molar-refractivity contribution in [3.05, 3.63) is 29.2 Å². The summed E-state index contributed by atoms with van der Waals surface area (Å²) in [5.41, 5.74) is -0.389. The van der Waals surface area contributed by atoms with Gasteiger partial charge in [0.25, 0.3) is 0 Å². The Morgan fingerprint density at radius 3 is 2.62 bits per heavy atom. The van der Waals surface area contributed by atoms with E-state index in [4.69, 9.17) is 16.3 Å². The minimum absolute atomic E-state index is 0.0411. The average molecular weight is 401 g/mol. The smallest absolute Gasteiger partial charge is 0.223 e. The maximum absolute atomic E-state index is 11.3. The van der Waals surface area contributed by atoms with Crippen LogP contribution in [0.25, 0.3) is 10.8 Å². The lowest BCUT2D eigenvalue weighted by Crippen LogP contribution is -2.22. The standard InChI is InChI=1S/C18H25ClN2O4S/c1-5-7-18(3,22)15-11-21-17(14-10-20-16(19)9-13(14)15)25-12(2)6-8-26(4,23)24/h9-12,22H,5-8H2,1-4H3/t12-,18?/m1/s1. The van der Waals surface area contributed by atoms with E-state index in [1.54, 1.807) is 32.3 Å². The van der Waals surface area contributed by atoms with Crippen LogP contribution in [0.5, 0.6) is 5.88 Å². The van der Waals surface area contributed by atoms with Gasteiger partial charge in [0.05, 0.1) is 22.8 Å². The first-order valence-electron chi connectivity index (χ1n) is 8.55. The van der Waals surface area contributed by atoms with Crippen LogP contribution in [0.15, 0.2) is 18.5 Å². The van der Waals surface area contributed by atoms with Gasteiger partial charge >= 0.3 is 0 Å². The summed E-state index contributed by atoms with van der Waals surface area (Å²) in [7, 11) is -3.06. The molecule has 0 amide bonds. The Kier molecular flexibility index (Phi) is 6.47. The van der Waals surface area contributed by atoms with Crippen LogP contribution >= 0.6 is 11.6 Å². The molecule has 1 unspecified atom stereocenters. The van der Waals surface area contributed by atoms with Crippen LogP contribution in [0.1, 0.15) is 45.6 Å². The summed E-state index contributed by atoms with van der Waals surface area (Å²) in [6, 6.07) is 1.69. The molecule has 144 valence electrons. The normalized spacial score (nSPS) is 15.6. The quantitative estimate of drug-likeness (QED) is 0.682. The molecule has 0 fully saturated rings. The number of fused-ring (bicyclic) bond motifs is 1. The van der Waals surface area contributed by atoms with Crippen LogP contribution in [0.2, 0.25) is 5.15 Å². The number of rotatable bonds is 8. The lowest BCUT2D eigenvalue weighted by atomic mass is 9.89. The highest BCUT2D eigenvalue weighted by molar-refractivity contribution is 7.90. The van der Waals surface area contributed by atoms with Gasteiger partial charge in [0.2, 0.25) is 5.88 Å². The molecule has 8 heteroatoms. The second-order valence-electron chi connectivity index (χ2n) is 6.90. The van der Waals surface area contributed by atoms with Gasteiger partial charge in [0.15, 0.2) is 0 Å². The van der Waals surface area contributed by atoms with Crippen molar-refractivity contribution >= 4 is 32.2 Å². The molecule has 2 aromatic heterocycles. The molecular weight excluding hydrogens is 376 g/mol. The Hall–Kier alpha value is -1.44. The molecule has 0 spiro atoms. The number of halogens is 1. The molecule has 0 bridgehead atoms. The fourth-order valence-corrected chi connectivity index (χ4v) is 3.78. The number of aliphatic hydroxyl groups is 1. The van der Waals surface area contributed by atoms with E-state index in [0.717, 1.165) is 11.8 Å². The van der Waals surface area contributed by atoms with Crippen molar-refractivity contribution in [3.8, 4) is 5.88 Å². The lowest BCUT2D eigenvalue weighted by Gasteiger charge is -2.25. The third-order valence-electron chi connectivity index (χ3n) is 4.23. The van der Waals surface area contributed by atoms with E-state index in [1.165, 1.54) is 6.26 Å². The molecule has 0 aliphatic rings. The summed E-state index contributed by atoms with van der Waals surface area (Å²) < 4.78 is 28.5. The van der Waals surface area contributed by atoms with Gasteiger partial charge < -0.3 is 9.84 Å². The Morgan fingerprint density at radius 1 is 1.31 bits per heavy atom. The Balaban J connectivity index is 2.41. The molecule has 0 aromatic carbocycles. The maximum atomic E-state index is 11.3. The first kappa shape index (κ1) is 20.9. The third-order valence-corrected chi connectivity index (χ3v) is 5.41. The van der Waals surface area contributed by atoms with Crippen LogP contribution in [-0.4, -0.2) is 41.6 Å². The highest BCUT2D eigenvalue weighted by Gasteiger charge is 2.26. The third kappa shape index (κ3) is 5.28. The van der Waals surface area contributed by atoms with E-state index in [1.807, 2.05) is 6.92 Å². The zero-order valence-corrected chi connectivity index (χ0v) is 17.1. The average Bonchev–Trinajstić information content (AvgIpc) is 2.52. The van der Waals surface area contributed by atoms with Gasteiger partial charge in [0, 0.05) is 24.2 Å². The van der Waals surface area contributed by atoms with Crippen LogP contribution < -0.4 is 4.74 Å². The molecule has 2 atom stereocenters. The lowest BCUT2D eigenvalue weighted by molar-refractivity contribution is 0.0481. The highest BCUT2D eigenvalue weighted by atomic mass is 35.5. The van der Waals surface area contributed by atoms with Gasteiger partial charge in [-0.25, -0.2) is 18.4 Å². The van der Waals surface area contributed by atoms with Crippen molar-refractivity contribution in [2.24, 2.45) is 0 Å². The number of aromatic nitrogens is 2. The molecule has 6 nitrogen and oxygen atoms in total. The van der Waals surface area contributed by atoms with Gasteiger partial charge in [0.1, 0.15) is 15.0 Å². The summed E-state index contributed by atoms with van der Waals surface area (Å²) in [5.74, 6) is 0.389. The highest BCUT2D eigenvalue weighted by Crippen LogP contribution is 2.35. The summed E-state index contributed by atoms with van der Waals surface area (Å²) in [6.45, 7) is 5.54. The van der Waals surface area contributed by atoms with Crippen molar-refractivity contribution in [1.29, 1.82) is 0 Å². The van der Waals surface area contributed by atoms with Gasteiger partial charge in [-0.2, -0.15) is 0 Å². The van der Waals surface area contributed by atoms with Gasteiger partial charge in [-0.1, -0.05) is 24.9 Å². The SMILES string of the molecule is CCCC(C)(O)c1cnc(O[C@H](C)CCS(C)(=O)=O)c2cnc(Cl)cc12. The molecule has 2 aromatic rings. The van der Waals surface area contributed by atoms with Crippen LogP contribution in [0, 0.1) is 0 Å². The van der Waals surface area contributed by atoms with E-state index in [9.17, 15) is 13.5 Å². The topological polar surface area (TPSA) is 89.4 Å². The fraction of sp³-hybridized carbons (Fsp3) is 0.556. The number of hydrogen-bond donors (Lipinski definition) is 1. The Labute approximate surface area is 159 Å². The van der Waals surface area contributed by atoms with E-state index < -0.39 is 15.4 Å². The molecular formula is C18H25ClN2O4S. The maximum Gasteiger partial charge on any atom is 0.223 e. The number of nitrogens with zero attached hydrogens (tertiary/aromatic N) is 2. The zero-order valence-electron chi connectivity index (χ0n) is 15.5. The van der Waals surface area contributed by atoms with Crippen LogP contribution in [0.3, 0.4) is 0 Å². The van der Waals surface area contributed by atoms with Crippen molar-refractivity contribution < 1.29 is 18.3 Å². The second-order valence-corrected chi connectivity index (χ2v) is 9.55. The van der Waals surface area contributed by atoms with Crippen LogP contribution in [-0.2, 0) is 15.4 Å². The predicted octanol–water partition coefficient (Wildman–Crippen LogP) is 3.49. The molecule has 2 heterocycles. The predicted molar refractivity (Wildman–Crippen MR) is 103 cm³/mol. The molecule has 0 aliphatic carbocycles. The summed E-state index contributed by atoms with van der Waals surface area (Å²) in [5, 5.41) is 12.5. The molecule has 26 heavy (non-hydrogen) atoms. The zero-order chi connectivity index (χ0) is 19.5. The largest absolute Gasteiger partial charge is 0.474 e. The molecule has 0 saturated heterocycles. The van der Waals surface area contributed by atoms with Gasteiger partial charge in [-0.15, -0.1) is 0 Å². The number of ether oxygens (including phenoxy) is 1. The van der Waals surface area contributed by atoms with Crippen molar-refractivity contribution in [2.45, 2.75) is 51.7 Å². The fourth-order valence-electron chi connectivity index (χ4n) is 2.86. The first-order chi connectivity index (χ1) is 12.0. The Bertz CT molecular complexity index is 884. The van der Waals surface area contributed by atoms with Crippen molar-refractivity contribution in [1.82, 2.24) is 9.97 Å². The molecule has 0 aliphatic heterocycles. The summed E-state index contributed by atoms with van der Waals surface area (Å²) >= 11 is 6.06. The molecule has 0 saturated carbocycles. The summed E-state index contributed by atoms with van der Waals surface area (Å²) in [4.78, 5) is 8.45. The second kappa shape index (κ2) is 8.06. The monoisotopic (exact) mass is 400 g/mol. The summed E-state index contributed by atoms with van der Waals surface area (Å²) in [6.07, 6.45) is 5.77. The van der Waals surface area contributed by atoms with Crippen molar-refractivity contribution in [3.63, 3.8) is 0 Å². The Morgan fingerprint density at radius 2 is 2.00 bits per heavy atom. The molecule has 0 radical (unpaired) electrons. The minimum atomic E-state index is -3.06. The van der Waals surface area contributed by atoms with Gasteiger partial charge in [-0.05, 0) is 38.1 Å². The van der Waals surface area contributed by atoms with E-state index >= 15 is 0 Å². The first-order valence-corrected chi connectivity index (χ1v) is 11.0. The number of pyridine rings is 2. The molecule has 2 rings (SSSR count). The van der Waals surface area contributed by atoms with E-state index in [-0.39, 0.29) is 11.9 Å². The molecule has 1 N–H and O–H groups in total. The minimum Gasteiger partial charge on any atom is -0.474 e. The number of hydrogen-bond acceptors (Lipinski definition) is 6. The van der Waals surface area contributed by atoms with Crippen LogP contribution in [0.4, 0.5) is 0 Å². The van der Waals surface area contributed by atoms with E-state index in [0.29, 0.717) is 34.8 Å².